The van der Waals surface area contributed by atoms with Crippen LogP contribution in [0.3, 0.4) is 0 Å². The lowest BCUT2D eigenvalue weighted by atomic mass is 10.1. The van der Waals surface area contributed by atoms with Crippen LogP contribution in [-0.4, -0.2) is 76.1 Å². The highest BCUT2D eigenvalue weighted by atomic mass is 16.5. The molecule has 0 aromatic heterocycles. The molecule has 5 heteroatoms. The summed E-state index contributed by atoms with van der Waals surface area (Å²) in [5, 5.41) is 16.5. The first-order chi connectivity index (χ1) is 10.1. The van der Waals surface area contributed by atoms with E-state index >= 15 is 0 Å². The van der Waals surface area contributed by atoms with Crippen LogP contribution in [0.15, 0.2) is 0 Å². The van der Waals surface area contributed by atoms with Crippen molar-refractivity contribution in [3.63, 3.8) is 0 Å². The highest BCUT2D eigenvalue weighted by Crippen LogP contribution is 2.03. The molecule has 3 N–H and O–H groups in total. The standard InChI is InChI=1S/C16H37N3O2/c1-5-6-12-21-14-16(20)13-19(4)11-9-15(18-3)8-7-10-17-2/h15-18,20H,5-14H2,1-4H3. The van der Waals surface area contributed by atoms with Gasteiger partial charge in [0.2, 0.25) is 0 Å². The molecular weight excluding hydrogens is 266 g/mol. The molecule has 0 aromatic rings. The fourth-order valence-corrected chi connectivity index (χ4v) is 2.30. The van der Waals surface area contributed by atoms with Gasteiger partial charge in [-0.2, -0.15) is 0 Å². The molecule has 0 bridgehead atoms. The average molecular weight is 303 g/mol. The molecule has 0 saturated carbocycles. The molecule has 0 radical (unpaired) electrons. The van der Waals surface area contributed by atoms with E-state index in [2.05, 4.69) is 29.5 Å². The minimum atomic E-state index is -0.385. The number of likely N-dealkylation sites (N-methyl/N-ethyl adjacent to an activating group) is 1. The van der Waals surface area contributed by atoms with Gasteiger partial charge < -0.3 is 25.4 Å². The Hall–Kier alpha value is -0.200. The summed E-state index contributed by atoms with van der Waals surface area (Å²) in [7, 11) is 6.09. The first-order valence-electron chi connectivity index (χ1n) is 8.40. The van der Waals surface area contributed by atoms with Crippen LogP contribution in [-0.2, 0) is 4.74 Å². The van der Waals surface area contributed by atoms with Gasteiger partial charge in [-0.3, -0.25) is 0 Å². The molecule has 0 aromatic carbocycles. The Morgan fingerprint density at radius 1 is 1.19 bits per heavy atom. The number of aliphatic hydroxyl groups is 1. The van der Waals surface area contributed by atoms with Gasteiger partial charge >= 0.3 is 0 Å². The van der Waals surface area contributed by atoms with E-state index in [-0.39, 0.29) is 6.10 Å². The smallest absolute Gasteiger partial charge is 0.0900 e. The normalized spacial score (nSPS) is 14.6. The third kappa shape index (κ3) is 13.2. The maximum atomic E-state index is 9.92. The Labute approximate surface area is 131 Å². The Morgan fingerprint density at radius 2 is 1.95 bits per heavy atom. The van der Waals surface area contributed by atoms with Crippen LogP contribution in [0.5, 0.6) is 0 Å². The highest BCUT2D eigenvalue weighted by Gasteiger charge is 2.11. The number of aliphatic hydroxyl groups excluding tert-OH is 1. The second kappa shape index (κ2) is 14.7. The number of rotatable bonds is 15. The first-order valence-corrected chi connectivity index (χ1v) is 8.40. The second-order valence-electron chi connectivity index (χ2n) is 5.86. The molecule has 0 aliphatic carbocycles. The van der Waals surface area contributed by atoms with Crippen molar-refractivity contribution >= 4 is 0 Å². The van der Waals surface area contributed by atoms with Crippen LogP contribution in [0.1, 0.15) is 39.0 Å². The summed E-state index contributed by atoms with van der Waals surface area (Å²) in [4.78, 5) is 2.19. The van der Waals surface area contributed by atoms with Gasteiger partial charge in [0.15, 0.2) is 0 Å². The SMILES string of the molecule is CCCCOCC(O)CN(C)CCC(CCCNC)NC. The molecule has 0 aliphatic heterocycles. The summed E-state index contributed by atoms with van der Waals surface area (Å²) >= 11 is 0. The zero-order chi connectivity index (χ0) is 15.9. The van der Waals surface area contributed by atoms with Crippen molar-refractivity contribution in [2.24, 2.45) is 0 Å². The van der Waals surface area contributed by atoms with Crippen molar-refractivity contribution in [1.29, 1.82) is 0 Å². The lowest BCUT2D eigenvalue weighted by molar-refractivity contribution is 0.0194. The van der Waals surface area contributed by atoms with Crippen molar-refractivity contribution in [1.82, 2.24) is 15.5 Å². The molecule has 128 valence electrons. The molecule has 21 heavy (non-hydrogen) atoms. The van der Waals surface area contributed by atoms with Crippen molar-refractivity contribution in [2.45, 2.75) is 51.2 Å². The molecule has 0 aliphatic rings. The monoisotopic (exact) mass is 303 g/mol. The van der Waals surface area contributed by atoms with E-state index in [9.17, 15) is 5.11 Å². The van der Waals surface area contributed by atoms with E-state index in [1.807, 2.05) is 14.1 Å². The Kier molecular flexibility index (Phi) is 14.6. The zero-order valence-electron chi connectivity index (χ0n) is 14.5. The van der Waals surface area contributed by atoms with Crippen molar-refractivity contribution in [3.8, 4) is 0 Å². The summed E-state index contributed by atoms with van der Waals surface area (Å²) < 4.78 is 5.45. The fourth-order valence-electron chi connectivity index (χ4n) is 2.30. The number of nitrogens with zero attached hydrogens (tertiary/aromatic N) is 1. The fraction of sp³-hybridized carbons (Fsp3) is 1.00. The highest BCUT2D eigenvalue weighted by molar-refractivity contribution is 4.69. The third-order valence-electron chi connectivity index (χ3n) is 3.72. The van der Waals surface area contributed by atoms with E-state index in [4.69, 9.17) is 4.74 Å². The second-order valence-corrected chi connectivity index (χ2v) is 5.86. The molecule has 5 nitrogen and oxygen atoms in total. The maximum absolute atomic E-state index is 9.92. The summed E-state index contributed by atoms with van der Waals surface area (Å²) in [5.74, 6) is 0. The average Bonchev–Trinajstić information content (AvgIpc) is 2.47. The van der Waals surface area contributed by atoms with E-state index in [1.165, 1.54) is 12.8 Å². The van der Waals surface area contributed by atoms with E-state index in [1.54, 1.807) is 0 Å². The summed E-state index contributed by atoms with van der Waals surface area (Å²) in [6, 6.07) is 0.554. The predicted molar refractivity (Wildman–Crippen MR) is 89.9 cm³/mol. The third-order valence-corrected chi connectivity index (χ3v) is 3.72. The Morgan fingerprint density at radius 3 is 2.57 bits per heavy atom. The van der Waals surface area contributed by atoms with Crippen LogP contribution in [0.4, 0.5) is 0 Å². The minimum Gasteiger partial charge on any atom is -0.389 e. The topological polar surface area (TPSA) is 56.8 Å². The van der Waals surface area contributed by atoms with Crippen LogP contribution in [0.2, 0.25) is 0 Å². The van der Waals surface area contributed by atoms with Gasteiger partial charge in [-0.1, -0.05) is 13.3 Å². The minimum absolute atomic E-state index is 0.385. The molecule has 0 rings (SSSR count). The molecule has 0 saturated heterocycles. The van der Waals surface area contributed by atoms with E-state index in [0.29, 0.717) is 19.2 Å². The van der Waals surface area contributed by atoms with E-state index < -0.39 is 0 Å². The van der Waals surface area contributed by atoms with Crippen LogP contribution in [0.25, 0.3) is 0 Å². The Balaban J connectivity index is 3.68. The number of hydrogen-bond donors (Lipinski definition) is 3. The zero-order valence-corrected chi connectivity index (χ0v) is 14.5. The van der Waals surface area contributed by atoms with Crippen molar-refractivity contribution in [2.75, 3.05) is 54.0 Å². The van der Waals surface area contributed by atoms with Gasteiger partial charge in [-0.15, -0.1) is 0 Å². The largest absolute Gasteiger partial charge is 0.389 e. The molecule has 2 unspecified atom stereocenters. The molecule has 0 fully saturated rings. The molecule has 0 amide bonds. The lowest BCUT2D eigenvalue weighted by Crippen LogP contribution is -2.36. The van der Waals surface area contributed by atoms with Crippen LogP contribution < -0.4 is 10.6 Å². The number of ether oxygens (including phenoxy) is 1. The van der Waals surface area contributed by atoms with Gasteiger partial charge in [-0.25, -0.2) is 0 Å². The summed E-state index contributed by atoms with van der Waals surface area (Å²) in [5.41, 5.74) is 0. The maximum Gasteiger partial charge on any atom is 0.0900 e. The molecule has 2 atom stereocenters. The summed E-state index contributed by atoms with van der Waals surface area (Å²) in [6.45, 7) is 6.09. The van der Waals surface area contributed by atoms with Gasteiger partial charge in [0.25, 0.3) is 0 Å². The lowest BCUT2D eigenvalue weighted by Gasteiger charge is -2.23. The van der Waals surface area contributed by atoms with Crippen LogP contribution >= 0.6 is 0 Å². The first kappa shape index (κ1) is 20.8. The predicted octanol–water partition coefficient (Wildman–Crippen LogP) is 1.07. The number of nitrogens with one attached hydrogen (secondary N) is 2. The van der Waals surface area contributed by atoms with Crippen molar-refractivity contribution in [3.05, 3.63) is 0 Å². The van der Waals surface area contributed by atoms with Crippen molar-refractivity contribution < 1.29 is 9.84 Å². The van der Waals surface area contributed by atoms with Gasteiger partial charge in [-0.05, 0) is 59.9 Å². The number of hydrogen-bond acceptors (Lipinski definition) is 5. The quantitative estimate of drug-likeness (QED) is 0.395. The van der Waals surface area contributed by atoms with E-state index in [0.717, 1.165) is 39.0 Å². The summed E-state index contributed by atoms with van der Waals surface area (Å²) in [6.07, 6.45) is 5.31. The van der Waals surface area contributed by atoms with Crippen LogP contribution in [0, 0.1) is 0 Å². The Bertz CT molecular complexity index is 218. The molecular formula is C16H37N3O2. The van der Waals surface area contributed by atoms with Gasteiger partial charge in [0.05, 0.1) is 12.7 Å². The van der Waals surface area contributed by atoms with Gasteiger partial charge in [0, 0.05) is 19.2 Å². The molecule has 0 spiro atoms. The number of unbranched alkanes of at least 4 members (excludes halogenated alkanes) is 1. The van der Waals surface area contributed by atoms with Gasteiger partial charge in [0.1, 0.15) is 0 Å². The molecule has 0 heterocycles.